The summed E-state index contributed by atoms with van der Waals surface area (Å²) in [6, 6.07) is 15.2. The fraction of sp³-hybridized carbons (Fsp3) is 0.455. The van der Waals surface area contributed by atoms with Crippen molar-refractivity contribution in [3.8, 4) is 16.9 Å². The van der Waals surface area contributed by atoms with Crippen molar-refractivity contribution in [2.24, 2.45) is 0 Å². The van der Waals surface area contributed by atoms with Gasteiger partial charge in [0.25, 0.3) is 0 Å². The van der Waals surface area contributed by atoms with E-state index in [2.05, 4.69) is 37.3 Å². The molecule has 3 rings (SSSR count). The third-order valence-corrected chi connectivity index (χ3v) is 5.30. The molecule has 2 aromatic rings. The summed E-state index contributed by atoms with van der Waals surface area (Å²) >= 11 is 6.39. The maximum atomic E-state index is 6.39. The lowest BCUT2D eigenvalue weighted by Crippen LogP contribution is -2.04. The predicted octanol–water partition coefficient (Wildman–Crippen LogP) is 7.23. The van der Waals surface area contributed by atoms with Gasteiger partial charge in [-0.15, -0.1) is 0 Å². The van der Waals surface area contributed by atoms with Crippen molar-refractivity contribution in [2.75, 3.05) is 6.61 Å². The molecule has 2 aromatic carbocycles. The first-order valence-corrected chi connectivity index (χ1v) is 9.68. The first kappa shape index (κ1) is 17.4. The van der Waals surface area contributed by atoms with Gasteiger partial charge in [-0.25, -0.2) is 0 Å². The molecule has 128 valence electrons. The normalized spacial score (nSPS) is 15.4. The summed E-state index contributed by atoms with van der Waals surface area (Å²) in [6.45, 7) is 2.89. The van der Waals surface area contributed by atoms with Gasteiger partial charge >= 0.3 is 0 Å². The lowest BCUT2D eigenvalue weighted by atomic mass is 9.84. The van der Waals surface area contributed by atoms with Crippen LogP contribution in [0, 0.1) is 0 Å². The van der Waals surface area contributed by atoms with Crippen LogP contribution in [0.4, 0.5) is 0 Å². The van der Waals surface area contributed by atoms with Gasteiger partial charge < -0.3 is 4.74 Å². The van der Waals surface area contributed by atoms with Crippen molar-refractivity contribution in [2.45, 2.75) is 57.8 Å². The van der Waals surface area contributed by atoms with Gasteiger partial charge in [-0.05, 0) is 54.0 Å². The fourth-order valence-corrected chi connectivity index (χ4v) is 3.74. The second-order valence-electron chi connectivity index (χ2n) is 6.80. The van der Waals surface area contributed by atoms with Crippen molar-refractivity contribution in [1.29, 1.82) is 0 Å². The molecule has 1 aliphatic rings. The van der Waals surface area contributed by atoms with Crippen molar-refractivity contribution in [1.82, 2.24) is 0 Å². The van der Waals surface area contributed by atoms with E-state index in [1.807, 2.05) is 12.1 Å². The summed E-state index contributed by atoms with van der Waals surface area (Å²) in [5, 5.41) is 0.694. The molecule has 0 saturated heterocycles. The maximum Gasteiger partial charge on any atom is 0.137 e. The first-order chi connectivity index (χ1) is 11.8. The van der Waals surface area contributed by atoms with Crippen LogP contribution < -0.4 is 4.74 Å². The molecule has 0 bridgehead atoms. The molecule has 0 aliphatic heterocycles. The zero-order chi connectivity index (χ0) is 16.8. The zero-order valence-corrected chi connectivity index (χ0v) is 15.3. The van der Waals surface area contributed by atoms with Crippen LogP contribution >= 0.6 is 11.6 Å². The molecule has 0 atom stereocenters. The second-order valence-corrected chi connectivity index (χ2v) is 7.21. The molecule has 0 heterocycles. The van der Waals surface area contributed by atoms with E-state index in [-0.39, 0.29) is 0 Å². The van der Waals surface area contributed by atoms with Crippen molar-refractivity contribution >= 4 is 11.6 Å². The van der Waals surface area contributed by atoms with E-state index in [1.54, 1.807) is 0 Å². The van der Waals surface area contributed by atoms with Gasteiger partial charge in [0.2, 0.25) is 0 Å². The van der Waals surface area contributed by atoms with E-state index in [0.717, 1.165) is 36.7 Å². The zero-order valence-electron chi connectivity index (χ0n) is 14.6. The number of hydrogen-bond donors (Lipinski definition) is 0. The fourth-order valence-electron chi connectivity index (χ4n) is 3.51. The molecular weight excluding hydrogens is 316 g/mol. The Morgan fingerprint density at radius 2 is 1.67 bits per heavy atom. The van der Waals surface area contributed by atoms with E-state index >= 15 is 0 Å². The van der Waals surface area contributed by atoms with Crippen molar-refractivity contribution in [3.05, 3.63) is 53.1 Å². The monoisotopic (exact) mass is 342 g/mol. The third-order valence-electron chi connectivity index (χ3n) is 5.01. The minimum absolute atomic E-state index is 0.694. The van der Waals surface area contributed by atoms with Crippen molar-refractivity contribution < 1.29 is 4.74 Å². The summed E-state index contributed by atoms with van der Waals surface area (Å²) in [5.74, 6) is 1.54. The smallest absolute Gasteiger partial charge is 0.137 e. The Labute approximate surface area is 151 Å². The highest BCUT2D eigenvalue weighted by Gasteiger charge is 2.15. The van der Waals surface area contributed by atoms with Gasteiger partial charge in [-0.3, -0.25) is 0 Å². The van der Waals surface area contributed by atoms with Gasteiger partial charge in [0.1, 0.15) is 5.75 Å². The average molecular weight is 343 g/mol. The number of rotatable bonds is 6. The Hall–Kier alpha value is -1.47. The Balaban J connectivity index is 1.70. The number of unbranched alkanes of at least 4 members (excludes halogenated alkanes) is 1. The standard InChI is InChI=1S/C22H27ClO/c1-2-3-15-24-22-14-13-20(16-21(22)23)19-11-9-18(10-12-19)17-7-5-4-6-8-17/h9-14,16-17H,2-8,15H2,1H3. The van der Waals surface area contributed by atoms with E-state index in [0.29, 0.717) is 5.02 Å². The molecule has 0 radical (unpaired) electrons. The Morgan fingerprint density at radius 1 is 0.958 bits per heavy atom. The lowest BCUT2D eigenvalue weighted by Gasteiger charge is -2.22. The van der Waals surface area contributed by atoms with E-state index in [9.17, 15) is 0 Å². The Morgan fingerprint density at radius 3 is 2.33 bits per heavy atom. The van der Waals surface area contributed by atoms with Crippen LogP contribution in [0.2, 0.25) is 5.02 Å². The van der Waals surface area contributed by atoms with Crippen LogP contribution in [-0.2, 0) is 0 Å². The summed E-state index contributed by atoms with van der Waals surface area (Å²) in [4.78, 5) is 0. The highest BCUT2D eigenvalue weighted by Crippen LogP contribution is 2.35. The molecule has 0 amide bonds. The highest BCUT2D eigenvalue weighted by molar-refractivity contribution is 6.32. The number of hydrogen-bond acceptors (Lipinski definition) is 1. The Bertz CT molecular complexity index is 642. The van der Waals surface area contributed by atoms with Gasteiger partial charge in [-0.1, -0.05) is 74.5 Å². The number of halogens is 1. The van der Waals surface area contributed by atoms with Crippen LogP contribution in [0.1, 0.15) is 63.4 Å². The maximum absolute atomic E-state index is 6.39. The number of benzene rings is 2. The van der Waals surface area contributed by atoms with Gasteiger partial charge in [0.05, 0.1) is 11.6 Å². The lowest BCUT2D eigenvalue weighted by molar-refractivity contribution is 0.309. The molecule has 0 aromatic heterocycles. The van der Waals surface area contributed by atoms with Gasteiger partial charge in [0.15, 0.2) is 0 Å². The minimum atomic E-state index is 0.694. The molecule has 0 N–H and O–H groups in total. The van der Waals surface area contributed by atoms with Gasteiger partial charge in [0, 0.05) is 0 Å². The van der Waals surface area contributed by atoms with Crippen LogP contribution in [0.5, 0.6) is 5.75 Å². The van der Waals surface area contributed by atoms with Crippen molar-refractivity contribution in [3.63, 3.8) is 0 Å². The highest BCUT2D eigenvalue weighted by atomic mass is 35.5. The van der Waals surface area contributed by atoms with Gasteiger partial charge in [-0.2, -0.15) is 0 Å². The van der Waals surface area contributed by atoms with Crippen LogP contribution in [0.15, 0.2) is 42.5 Å². The van der Waals surface area contributed by atoms with E-state index in [4.69, 9.17) is 16.3 Å². The van der Waals surface area contributed by atoms with Crippen LogP contribution in [-0.4, -0.2) is 6.61 Å². The minimum Gasteiger partial charge on any atom is -0.492 e. The molecule has 1 nitrogen and oxygen atoms in total. The number of ether oxygens (including phenoxy) is 1. The molecular formula is C22H27ClO. The average Bonchev–Trinajstić information content (AvgIpc) is 2.64. The van der Waals surface area contributed by atoms with E-state index < -0.39 is 0 Å². The van der Waals surface area contributed by atoms with Crippen LogP contribution in [0.25, 0.3) is 11.1 Å². The SMILES string of the molecule is CCCCOc1ccc(-c2ccc(C3CCCCC3)cc2)cc1Cl. The molecule has 24 heavy (non-hydrogen) atoms. The topological polar surface area (TPSA) is 9.23 Å². The van der Waals surface area contributed by atoms with E-state index in [1.165, 1.54) is 43.2 Å². The first-order valence-electron chi connectivity index (χ1n) is 9.30. The second kappa shape index (κ2) is 8.58. The van der Waals surface area contributed by atoms with Crippen LogP contribution in [0.3, 0.4) is 0 Å². The Kier molecular flexibility index (Phi) is 6.20. The largest absolute Gasteiger partial charge is 0.492 e. The summed E-state index contributed by atoms with van der Waals surface area (Å²) < 4.78 is 5.73. The predicted molar refractivity (Wildman–Crippen MR) is 103 cm³/mol. The quantitative estimate of drug-likeness (QED) is 0.503. The molecule has 0 spiro atoms. The third kappa shape index (κ3) is 4.33. The summed E-state index contributed by atoms with van der Waals surface area (Å²) in [6.07, 6.45) is 9.02. The summed E-state index contributed by atoms with van der Waals surface area (Å²) in [7, 11) is 0. The molecule has 1 saturated carbocycles. The molecule has 1 fully saturated rings. The molecule has 1 aliphatic carbocycles. The molecule has 0 unspecified atom stereocenters. The molecule has 2 heteroatoms. The summed E-state index contributed by atoms with van der Waals surface area (Å²) in [5.41, 5.74) is 3.86.